The van der Waals surface area contributed by atoms with Crippen molar-refractivity contribution in [1.29, 1.82) is 0 Å². The Balaban J connectivity index is 2.12. The fourth-order valence-corrected chi connectivity index (χ4v) is 3.55. The highest BCUT2D eigenvalue weighted by molar-refractivity contribution is 5.81. The molecule has 0 aliphatic heterocycles. The van der Waals surface area contributed by atoms with Gasteiger partial charge in [-0.15, -0.1) is 0 Å². The molecule has 0 aromatic carbocycles. The molecule has 1 atom stereocenters. The molecule has 0 unspecified atom stereocenters. The lowest BCUT2D eigenvalue weighted by Crippen LogP contribution is -2.42. The molecule has 4 heterocycles. The first-order valence-electron chi connectivity index (χ1n) is 8.96. The first-order valence-corrected chi connectivity index (χ1v) is 8.96. The number of nitrogens with zero attached hydrogens (tertiary/aromatic N) is 5. The third-order valence-electron chi connectivity index (χ3n) is 5.45. The summed E-state index contributed by atoms with van der Waals surface area (Å²) in [6, 6.07) is 2.82. The molecular formula is C19H21N5O4. The number of imidazole rings is 2. The number of ketones is 1. The molecule has 28 heavy (non-hydrogen) atoms. The van der Waals surface area contributed by atoms with Crippen molar-refractivity contribution < 1.29 is 9.21 Å². The van der Waals surface area contributed by atoms with E-state index in [2.05, 4.69) is 4.98 Å². The molecule has 0 N–H and O–H groups in total. The number of hydrogen-bond acceptors (Lipinski definition) is 5. The predicted molar refractivity (Wildman–Crippen MR) is 103 cm³/mol. The van der Waals surface area contributed by atoms with Crippen LogP contribution in [0.2, 0.25) is 0 Å². The van der Waals surface area contributed by atoms with Crippen LogP contribution in [0.25, 0.3) is 16.9 Å². The second kappa shape index (κ2) is 6.08. The maximum atomic E-state index is 13.2. The second-order valence-corrected chi connectivity index (χ2v) is 7.06. The normalized spacial score (nSPS) is 12.9. The van der Waals surface area contributed by atoms with E-state index < -0.39 is 17.3 Å². The summed E-state index contributed by atoms with van der Waals surface area (Å²) in [4.78, 5) is 42.4. The van der Waals surface area contributed by atoms with Crippen molar-refractivity contribution in [2.24, 2.45) is 7.05 Å². The van der Waals surface area contributed by atoms with Crippen molar-refractivity contribution in [3.8, 4) is 0 Å². The van der Waals surface area contributed by atoms with Crippen LogP contribution in [0.3, 0.4) is 0 Å². The van der Waals surface area contributed by atoms with Gasteiger partial charge < -0.3 is 8.98 Å². The summed E-state index contributed by atoms with van der Waals surface area (Å²) in [5, 5.41) is 0. The van der Waals surface area contributed by atoms with Crippen LogP contribution < -0.4 is 11.2 Å². The zero-order chi connectivity index (χ0) is 20.3. The van der Waals surface area contributed by atoms with Gasteiger partial charge in [-0.3, -0.25) is 18.6 Å². The van der Waals surface area contributed by atoms with Gasteiger partial charge in [0.25, 0.3) is 5.56 Å². The zero-order valence-corrected chi connectivity index (χ0v) is 16.4. The van der Waals surface area contributed by atoms with Crippen LogP contribution in [0.4, 0.5) is 0 Å². The van der Waals surface area contributed by atoms with E-state index >= 15 is 0 Å². The summed E-state index contributed by atoms with van der Waals surface area (Å²) in [5.41, 5.74) is 1.25. The van der Waals surface area contributed by atoms with Gasteiger partial charge in [0.05, 0.1) is 18.8 Å². The van der Waals surface area contributed by atoms with Crippen molar-refractivity contribution in [3.63, 3.8) is 0 Å². The number of rotatable bonds is 4. The van der Waals surface area contributed by atoms with Gasteiger partial charge in [0.15, 0.2) is 16.9 Å². The molecule has 9 heteroatoms. The minimum Gasteiger partial charge on any atom is -0.467 e. The summed E-state index contributed by atoms with van der Waals surface area (Å²) >= 11 is 0. The molecule has 0 fully saturated rings. The van der Waals surface area contributed by atoms with E-state index in [4.69, 9.17) is 4.42 Å². The van der Waals surface area contributed by atoms with Gasteiger partial charge in [-0.05, 0) is 39.8 Å². The Morgan fingerprint density at radius 2 is 1.96 bits per heavy atom. The van der Waals surface area contributed by atoms with E-state index in [1.807, 2.05) is 30.5 Å². The van der Waals surface area contributed by atoms with Gasteiger partial charge in [-0.25, -0.2) is 9.36 Å². The fourth-order valence-electron chi connectivity index (χ4n) is 3.55. The summed E-state index contributed by atoms with van der Waals surface area (Å²) in [6.07, 6.45) is 1.60. The lowest BCUT2D eigenvalue weighted by Gasteiger charge is -2.12. The number of furan rings is 1. The van der Waals surface area contributed by atoms with Crippen molar-refractivity contribution >= 4 is 22.7 Å². The summed E-state index contributed by atoms with van der Waals surface area (Å²) in [5.74, 6) is 1.04. The maximum absolute atomic E-state index is 13.2. The maximum Gasteiger partial charge on any atom is 0.333 e. The van der Waals surface area contributed by atoms with E-state index in [0.29, 0.717) is 12.3 Å². The number of aryl methyl sites for hydroxylation is 2. The first kappa shape index (κ1) is 18.0. The molecule has 0 spiro atoms. The topological polar surface area (TPSA) is 96.4 Å². The fraction of sp³-hybridized carbons (Fsp3) is 0.368. The molecular weight excluding hydrogens is 362 g/mol. The Kier molecular flexibility index (Phi) is 3.91. The SMILES string of the molecule is CC(=O)[C@@H](C)n1c(=O)c2c(nc3n(Cc4ccco4)c(C)c(C)n23)n(C)c1=O. The van der Waals surface area contributed by atoms with E-state index in [9.17, 15) is 14.4 Å². The van der Waals surface area contributed by atoms with Crippen LogP contribution >= 0.6 is 0 Å². The smallest absolute Gasteiger partial charge is 0.333 e. The molecule has 0 saturated heterocycles. The summed E-state index contributed by atoms with van der Waals surface area (Å²) in [7, 11) is 1.55. The molecule has 0 radical (unpaired) electrons. The van der Waals surface area contributed by atoms with Crippen molar-refractivity contribution in [3.05, 3.63) is 56.4 Å². The lowest BCUT2D eigenvalue weighted by molar-refractivity contribution is -0.119. The number of hydrogen-bond donors (Lipinski definition) is 0. The van der Waals surface area contributed by atoms with Crippen LogP contribution in [0.15, 0.2) is 32.4 Å². The summed E-state index contributed by atoms with van der Waals surface area (Å²) in [6.45, 7) is 7.20. The molecule has 4 aromatic rings. The van der Waals surface area contributed by atoms with E-state index in [-0.39, 0.29) is 16.9 Å². The Labute approximate surface area is 159 Å². The minimum absolute atomic E-state index is 0.261. The van der Waals surface area contributed by atoms with Gasteiger partial charge >= 0.3 is 5.69 Å². The number of carbonyl (C=O) groups excluding carboxylic acids is 1. The lowest BCUT2D eigenvalue weighted by atomic mass is 10.2. The molecule has 9 nitrogen and oxygen atoms in total. The van der Waals surface area contributed by atoms with E-state index in [1.54, 1.807) is 24.6 Å². The molecule has 0 saturated carbocycles. The average molecular weight is 383 g/mol. The predicted octanol–water partition coefficient (Wildman–Crippen LogP) is 1.56. The average Bonchev–Trinajstić information content (AvgIpc) is 3.34. The highest BCUT2D eigenvalue weighted by Crippen LogP contribution is 2.22. The molecule has 4 aromatic heterocycles. The Bertz CT molecular complexity index is 1350. The van der Waals surface area contributed by atoms with Crippen molar-refractivity contribution in [2.75, 3.05) is 0 Å². The molecule has 4 rings (SSSR count). The quantitative estimate of drug-likeness (QED) is 0.533. The standard InChI is InChI=1S/C19H21N5O4/c1-10-11(2)23-15-16(20-18(23)22(10)9-14-7-6-8-28-14)21(5)19(27)24(17(15)26)12(3)13(4)25/h6-8,12H,9H2,1-5H3/t12-/m1/s1. The Hall–Kier alpha value is -3.36. The van der Waals surface area contributed by atoms with Crippen LogP contribution in [-0.4, -0.2) is 28.9 Å². The van der Waals surface area contributed by atoms with Crippen molar-refractivity contribution in [1.82, 2.24) is 23.1 Å². The minimum atomic E-state index is -0.854. The monoisotopic (exact) mass is 383 g/mol. The van der Waals surface area contributed by atoms with Gasteiger partial charge in [-0.2, -0.15) is 4.98 Å². The van der Waals surface area contributed by atoms with Gasteiger partial charge in [0.1, 0.15) is 5.76 Å². The van der Waals surface area contributed by atoms with Crippen LogP contribution in [-0.2, 0) is 18.4 Å². The summed E-state index contributed by atoms with van der Waals surface area (Å²) < 4.78 is 11.5. The Morgan fingerprint density at radius 3 is 2.57 bits per heavy atom. The molecule has 0 amide bonds. The third-order valence-corrected chi connectivity index (χ3v) is 5.45. The molecule has 0 aliphatic carbocycles. The number of aromatic nitrogens is 5. The van der Waals surface area contributed by atoms with Crippen LogP contribution in [0.5, 0.6) is 0 Å². The highest BCUT2D eigenvalue weighted by atomic mass is 16.3. The second-order valence-electron chi connectivity index (χ2n) is 7.06. The van der Waals surface area contributed by atoms with Crippen LogP contribution in [0.1, 0.15) is 37.0 Å². The Morgan fingerprint density at radius 1 is 1.25 bits per heavy atom. The molecule has 146 valence electrons. The van der Waals surface area contributed by atoms with Crippen molar-refractivity contribution in [2.45, 2.75) is 40.3 Å². The largest absolute Gasteiger partial charge is 0.467 e. The molecule has 0 bridgehead atoms. The van der Waals surface area contributed by atoms with Gasteiger partial charge in [0, 0.05) is 18.4 Å². The number of carbonyl (C=O) groups is 1. The number of Topliss-reactive ketones (excluding diaryl/α,β-unsaturated/α-hetero) is 1. The van der Waals surface area contributed by atoms with E-state index in [1.165, 1.54) is 11.5 Å². The highest BCUT2D eigenvalue weighted by Gasteiger charge is 2.25. The molecule has 0 aliphatic rings. The van der Waals surface area contributed by atoms with Gasteiger partial charge in [0.2, 0.25) is 5.78 Å². The van der Waals surface area contributed by atoms with Gasteiger partial charge in [-0.1, -0.05) is 0 Å². The van der Waals surface area contributed by atoms with E-state index in [0.717, 1.165) is 21.7 Å². The zero-order valence-electron chi connectivity index (χ0n) is 16.4. The first-order chi connectivity index (χ1) is 13.2. The third kappa shape index (κ3) is 2.32. The van der Waals surface area contributed by atoms with Crippen LogP contribution in [0, 0.1) is 13.8 Å². The number of fused-ring (bicyclic) bond motifs is 3.